The smallest absolute Gasteiger partial charge is 0.346 e. The van der Waals surface area contributed by atoms with Gasteiger partial charge in [-0.05, 0) is 42.7 Å². The molecule has 1 aliphatic heterocycles. The molecular weight excluding hydrogens is 408 g/mol. The lowest BCUT2D eigenvalue weighted by Crippen LogP contribution is -2.33. The van der Waals surface area contributed by atoms with Gasteiger partial charge in [-0.15, -0.1) is 0 Å². The molecule has 0 bridgehead atoms. The summed E-state index contributed by atoms with van der Waals surface area (Å²) in [5.41, 5.74) is -0.0474. The number of aryl methyl sites for hydroxylation is 1. The minimum Gasteiger partial charge on any atom is -0.506 e. The lowest BCUT2D eigenvalue weighted by atomic mass is 10.1. The molecule has 0 saturated heterocycles. The lowest BCUT2D eigenvalue weighted by Gasteiger charge is -2.23. The van der Waals surface area contributed by atoms with E-state index in [4.69, 9.17) is 0 Å². The predicted octanol–water partition coefficient (Wildman–Crippen LogP) is 3.33. The zero-order chi connectivity index (χ0) is 21.0. The van der Waals surface area contributed by atoms with Gasteiger partial charge in [-0.25, -0.2) is 4.39 Å². The molecule has 9 heteroatoms. The van der Waals surface area contributed by atoms with Gasteiger partial charge in [0.05, 0.1) is 16.5 Å². The van der Waals surface area contributed by atoms with Gasteiger partial charge in [0.15, 0.2) is 5.84 Å². The number of aromatic hydroxyl groups is 1. The number of fused-ring (bicyclic) bond motifs is 2. The maximum absolute atomic E-state index is 13.9. The van der Waals surface area contributed by atoms with Crippen LogP contribution in [0.5, 0.6) is 5.75 Å². The molecule has 7 nitrogen and oxygen atoms in total. The summed E-state index contributed by atoms with van der Waals surface area (Å²) in [6.45, 7) is 0.402. The molecule has 0 spiro atoms. The SMILES string of the molecule is O=c1c(C2=NP(=O)(O)c3ccccc3N2)c(O)c2cc(F)ccc2n1CCC1CC1. The van der Waals surface area contributed by atoms with Crippen molar-refractivity contribution in [1.82, 2.24) is 4.57 Å². The summed E-state index contributed by atoms with van der Waals surface area (Å²) in [6.07, 6.45) is 3.02. The Morgan fingerprint density at radius 1 is 1.23 bits per heavy atom. The van der Waals surface area contributed by atoms with Gasteiger partial charge >= 0.3 is 7.52 Å². The Kier molecular flexibility index (Phi) is 4.31. The molecule has 1 aliphatic carbocycles. The Bertz CT molecular complexity index is 1330. The minimum absolute atomic E-state index is 0.120. The van der Waals surface area contributed by atoms with Gasteiger partial charge in [-0.3, -0.25) is 9.36 Å². The molecule has 0 radical (unpaired) electrons. The fraction of sp³-hybridized carbons (Fsp3) is 0.238. The number of hydrogen-bond donors (Lipinski definition) is 3. The third kappa shape index (κ3) is 3.13. The van der Waals surface area contributed by atoms with Crippen LogP contribution in [0.15, 0.2) is 52.0 Å². The first-order valence-corrected chi connectivity index (χ1v) is 11.3. The van der Waals surface area contributed by atoms with E-state index in [1.165, 1.54) is 22.8 Å². The van der Waals surface area contributed by atoms with E-state index in [9.17, 15) is 23.7 Å². The average Bonchev–Trinajstić information content (AvgIpc) is 3.52. The Labute approximate surface area is 171 Å². The molecule has 2 heterocycles. The van der Waals surface area contributed by atoms with Gasteiger partial charge in [-0.2, -0.15) is 4.76 Å². The predicted molar refractivity (Wildman–Crippen MR) is 113 cm³/mol. The quantitative estimate of drug-likeness (QED) is 0.554. The number of aromatic nitrogens is 1. The molecule has 2 aliphatic rings. The number of halogens is 1. The molecule has 5 rings (SSSR count). The van der Waals surface area contributed by atoms with Crippen LogP contribution in [0.4, 0.5) is 10.1 Å². The van der Waals surface area contributed by atoms with Crippen LogP contribution in [0.25, 0.3) is 10.9 Å². The highest BCUT2D eigenvalue weighted by Gasteiger charge is 2.33. The molecule has 30 heavy (non-hydrogen) atoms. The topological polar surface area (TPSA) is 104 Å². The van der Waals surface area contributed by atoms with Gasteiger partial charge in [0.1, 0.15) is 17.1 Å². The molecule has 1 aromatic heterocycles. The Hall–Kier alpha value is -2.96. The molecule has 154 valence electrons. The average molecular weight is 427 g/mol. The first kappa shape index (κ1) is 19.0. The fourth-order valence-corrected chi connectivity index (χ4v) is 5.11. The highest BCUT2D eigenvalue weighted by Crippen LogP contribution is 2.47. The highest BCUT2D eigenvalue weighted by molar-refractivity contribution is 7.65. The number of anilines is 1. The number of hydrogen-bond acceptors (Lipinski definition) is 4. The van der Waals surface area contributed by atoms with Crippen LogP contribution in [0.1, 0.15) is 24.8 Å². The third-order valence-corrected chi connectivity index (χ3v) is 7.09. The number of rotatable bonds is 4. The van der Waals surface area contributed by atoms with Crippen LogP contribution in [0, 0.1) is 11.7 Å². The number of amidine groups is 1. The molecule has 1 fully saturated rings. The van der Waals surface area contributed by atoms with Crippen LogP contribution < -0.4 is 16.2 Å². The maximum Gasteiger partial charge on any atom is 0.346 e. The van der Waals surface area contributed by atoms with Crippen LogP contribution in [-0.2, 0) is 11.1 Å². The van der Waals surface area contributed by atoms with Crippen LogP contribution >= 0.6 is 7.52 Å². The van der Waals surface area contributed by atoms with Crippen molar-refractivity contribution in [2.24, 2.45) is 10.7 Å². The molecule has 1 unspecified atom stereocenters. The number of nitrogens with one attached hydrogen (secondary N) is 1. The monoisotopic (exact) mass is 427 g/mol. The second-order valence-corrected chi connectivity index (χ2v) is 9.48. The summed E-state index contributed by atoms with van der Waals surface area (Å²) in [7, 11) is -4.15. The van der Waals surface area contributed by atoms with E-state index in [0.29, 0.717) is 23.7 Å². The summed E-state index contributed by atoms with van der Waals surface area (Å²) in [5.74, 6) is -0.677. The van der Waals surface area contributed by atoms with Gasteiger partial charge in [-0.1, -0.05) is 25.0 Å². The molecule has 0 amide bonds. The third-order valence-electron chi connectivity index (χ3n) is 5.60. The molecule has 3 aromatic rings. The van der Waals surface area contributed by atoms with Crippen molar-refractivity contribution >= 4 is 35.3 Å². The number of pyridine rings is 1. The van der Waals surface area contributed by atoms with Crippen molar-refractivity contribution in [3.8, 4) is 5.75 Å². The summed E-state index contributed by atoms with van der Waals surface area (Å²) < 4.78 is 32.1. The Morgan fingerprint density at radius 3 is 2.77 bits per heavy atom. The molecule has 1 saturated carbocycles. The van der Waals surface area contributed by atoms with Crippen molar-refractivity contribution < 1.29 is 19.0 Å². The van der Waals surface area contributed by atoms with E-state index in [1.807, 2.05) is 0 Å². The lowest BCUT2D eigenvalue weighted by molar-refractivity contribution is 0.475. The second kappa shape index (κ2) is 6.79. The van der Waals surface area contributed by atoms with E-state index < -0.39 is 24.6 Å². The summed E-state index contributed by atoms with van der Waals surface area (Å²) in [4.78, 5) is 23.8. The first-order valence-electron chi connectivity index (χ1n) is 9.70. The Balaban J connectivity index is 1.74. The van der Waals surface area contributed by atoms with E-state index >= 15 is 0 Å². The van der Waals surface area contributed by atoms with Crippen molar-refractivity contribution in [2.75, 3.05) is 5.32 Å². The van der Waals surface area contributed by atoms with E-state index in [-0.39, 0.29) is 22.1 Å². The summed E-state index contributed by atoms with van der Waals surface area (Å²) in [5, 5.41) is 14.0. The van der Waals surface area contributed by atoms with E-state index in [2.05, 4.69) is 10.1 Å². The second-order valence-electron chi connectivity index (χ2n) is 7.71. The highest BCUT2D eigenvalue weighted by atomic mass is 31.2. The van der Waals surface area contributed by atoms with Gasteiger partial charge in [0.2, 0.25) is 0 Å². The van der Waals surface area contributed by atoms with Crippen molar-refractivity contribution in [3.05, 3.63) is 64.2 Å². The number of benzene rings is 2. The van der Waals surface area contributed by atoms with Crippen molar-refractivity contribution in [2.45, 2.75) is 25.8 Å². The van der Waals surface area contributed by atoms with Crippen molar-refractivity contribution in [3.63, 3.8) is 0 Å². The fourth-order valence-electron chi connectivity index (χ4n) is 3.86. The molecule has 2 aromatic carbocycles. The van der Waals surface area contributed by atoms with E-state index in [1.54, 1.807) is 18.2 Å². The standard InChI is InChI=1S/C21H19FN3O4P/c22-13-7-8-16-14(11-13)19(26)18(21(27)25(16)10-9-12-5-6-12)20-23-15-3-1-2-4-17(15)30(28,29)24-20/h1-4,7-8,11-12,26H,5-6,9-10H2,(H2,23,24,28,29). The van der Waals surface area contributed by atoms with Crippen LogP contribution in [0.3, 0.4) is 0 Å². The number of nitrogens with zero attached hydrogens (tertiary/aromatic N) is 2. The molecule has 3 N–H and O–H groups in total. The summed E-state index contributed by atoms with van der Waals surface area (Å²) >= 11 is 0. The molecule has 1 atom stereocenters. The first-order chi connectivity index (χ1) is 14.3. The van der Waals surface area contributed by atoms with Gasteiger partial charge in [0, 0.05) is 11.9 Å². The zero-order valence-corrected chi connectivity index (χ0v) is 16.8. The Morgan fingerprint density at radius 2 is 2.00 bits per heavy atom. The van der Waals surface area contributed by atoms with E-state index in [0.717, 1.165) is 25.3 Å². The summed E-state index contributed by atoms with van der Waals surface area (Å²) in [6, 6.07) is 10.2. The van der Waals surface area contributed by atoms with Crippen molar-refractivity contribution in [1.29, 1.82) is 0 Å². The van der Waals surface area contributed by atoms with Crippen LogP contribution in [-0.4, -0.2) is 20.4 Å². The van der Waals surface area contributed by atoms with Gasteiger partial charge < -0.3 is 19.9 Å². The normalized spacial score (nSPS) is 20.5. The largest absolute Gasteiger partial charge is 0.506 e. The van der Waals surface area contributed by atoms with Crippen LogP contribution in [0.2, 0.25) is 0 Å². The number of para-hydroxylation sites is 1. The van der Waals surface area contributed by atoms with Gasteiger partial charge in [0.25, 0.3) is 5.56 Å². The maximum atomic E-state index is 13.9. The zero-order valence-electron chi connectivity index (χ0n) is 15.9. The minimum atomic E-state index is -4.15. The molecular formula is C21H19FN3O4P.